The summed E-state index contributed by atoms with van der Waals surface area (Å²) < 4.78 is 29.9. The molecule has 29 nitrogen and oxygen atoms in total. The van der Waals surface area contributed by atoms with Crippen molar-refractivity contribution in [1.82, 2.24) is 51.0 Å². The fourth-order valence-corrected chi connectivity index (χ4v) is 17.2. The van der Waals surface area contributed by atoms with E-state index in [2.05, 4.69) is 55.0 Å². The lowest BCUT2D eigenvalue weighted by Gasteiger charge is -2.35. The number of likely N-dealkylation sites (tertiary alicyclic amines) is 2. The lowest BCUT2D eigenvalue weighted by Crippen LogP contribution is -2.59. The van der Waals surface area contributed by atoms with E-state index >= 15 is 0 Å². The Kier molecular flexibility index (Phi) is 29.0. The average molecular weight is 1720 g/mol. The second-order valence-corrected chi connectivity index (χ2v) is 40.5. The third-order valence-electron chi connectivity index (χ3n) is 22.3. The number of aliphatic carboxylic acids is 1. The minimum absolute atomic E-state index is 0.0342. The molecule has 6 aromatic rings. The van der Waals surface area contributed by atoms with Gasteiger partial charge in [0.2, 0.25) is 29.5 Å². The molecule has 660 valence electrons. The Morgan fingerprint density at radius 3 is 1.27 bits per heavy atom. The highest BCUT2D eigenvalue weighted by molar-refractivity contribution is 7.14. The van der Waals surface area contributed by atoms with Gasteiger partial charge >= 0.3 is 24.2 Å². The highest BCUT2D eigenvalue weighted by Gasteiger charge is 2.60. The van der Waals surface area contributed by atoms with Crippen LogP contribution in [0.4, 0.5) is 24.6 Å². The van der Waals surface area contributed by atoms with E-state index in [0.29, 0.717) is 81.3 Å². The molecule has 0 bridgehead atoms. The van der Waals surface area contributed by atoms with Gasteiger partial charge < -0.3 is 65.6 Å². The molecule has 6 fully saturated rings. The number of carboxylic acid groups (broad SMARTS) is 1. The molecule has 31 heteroatoms. The van der Waals surface area contributed by atoms with Crippen LogP contribution in [0, 0.1) is 47.3 Å². The number of nitrogens with zero attached hydrogens (tertiary/aromatic N) is 6. The number of carbonyl (C=O) groups excluding carboxylic acids is 10. The lowest BCUT2D eigenvalue weighted by molar-refractivity contribution is -0.143. The number of ether oxygens (including phenoxy) is 5. The molecule has 10 atom stereocenters. The summed E-state index contributed by atoms with van der Waals surface area (Å²) in [6.07, 6.45) is 9.26. The van der Waals surface area contributed by atoms with Crippen LogP contribution in [0.25, 0.3) is 44.6 Å². The van der Waals surface area contributed by atoms with Crippen LogP contribution in [0.1, 0.15) is 219 Å². The minimum atomic E-state index is -1.08. The number of thiazole rings is 2. The fourth-order valence-electron chi connectivity index (χ4n) is 15.8. The number of nitrogens with one attached hydrogen (secondary N) is 6. The van der Waals surface area contributed by atoms with Crippen molar-refractivity contribution in [1.29, 1.82) is 0 Å². The van der Waals surface area contributed by atoms with Crippen molar-refractivity contribution >= 4 is 120 Å². The maximum atomic E-state index is 14.6. The van der Waals surface area contributed by atoms with Gasteiger partial charge in [0, 0.05) is 71.2 Å². The number of aromatic nitrogens is 4. The monoisotopic (exact) mass is 1720 g/mol. The van der Waals surface area contributed by atoms with Gasteiger partial charge in [0.1, 0.15) is 88.1 Å². The first-order valence-electron chi connectivity index (χ1n) is 42.0. The van der Waals surface area contributed by atoms with Crippen LogP contribution in [-0.2, 0) is 52.6 Å². The summed E-state index contributed by atoms with van der Waals surface area (Å²) >= 11 is 2.62. The van der Waals surface area contributed by atoms with Gasteiger partial charge in [0.25, 0.3) is 0 Å². The first-order valence-corrected chi connectivity index (χ1v) is 43.8. The van der Waals surface area contributed by atoms with Gasteiger partial charge in [-0.25, -0.2) is 39.1 Å². The van der Waals surface area contributed by atoms with Crippen LogP contribution in [0.5, 0.6) is 11.5 Å². The quantitative estimate of drug-likeness (QED) is 0.0219. The molecule has 6 heterocycles. The molecule has 2 aromatic carbocycles. The Bertz CT molecular complexity index is 4960. The number of hydrogen-bond donors (Lipinski definition) is 7. The predicted molar refractivity (Wildman–Crippen MR) is 468 cm³/mol. The van der Waals surface area contributed by atoms with E-state index in [1.807, 2.05) is 123 Å². The van der Waals surface area contributed by atoms with Crippen LogP contribution in [0.2, 0.25) is 0 Å². The maximum absolute atomic E-state index is 14.6. The number of amides is 8. The summed E-state index contributed by atoms with van der Waals surface area (Å²) in [5.74, 6) is -2.35. The molecule has 4 saturated carbocycles. The zero-order valence-corrected chi connectivity index (χ0v) is 75.5. The summed E-state index contributed by atoms with van der Waals surface area (Å²) in [6.45, 7) is 42.7. The van der Waals surface area contributed by atoms with E-state index in [9.17, 15) is 52.7 Å². The van der Waals surface area contributed by atoms with E-state index in [1.54, 1.807) is 65.8 Å². The van der Waals surface area contributed by atoms with Crippen LogP contribution < -0.4 is 41.4 Å². The van der Waals surface area contributed by atoms with Gasteiger partial charge in [-0.1, -0.05) is 107 Å². The van der Waals surface area contributed by atoms with E-state index < -0.39 is 106 Å². The van der Waals surface area contributed by atoms with Gasteiger partial charge in [-0.15, -0.1) is 35.8 Å². The molecule has 12 rings (SSSR count). The van der Waals surface area contributed by atoms with Gasteiger partial charge in [-0.2, -0.15) is 0 Å². The van der Waals surface area contributed by atoms with Crippen molar-refractivity contribution in [3.63, 3.8) is 0 Å². The first-order chi connectivity index (χ1) is 56.9. The number of carboxylic acids is 1. The largest absolute Gasteiger partial charge is 0.488 e. The second kappa shape index (κ2) is 37.7. The van der Waals surface area contributed by atoms with Crippen LogP contribution in [0.15, 0.2) is 84.6 Å². The Balaban J connectivity index is 0.000000217. The molecular formula is C91H122N12O17S2. The molecule has 7 N–H and O–H groups in total. The zero-order chi connectivity index (χ0) is 89.7. The number of pyridine rings is 2. The standard InChI is InChI=1S/C43H56N6O7S.C36H45N5O6S.C12H21NO4/c1-10-26-20-43(26,25(3)50)48-37(52)33-18-28(22-49(33)38(53)36(42(7,8)9)47-40(54)56-27-13-11-12-14-27)55-34-19-31(44-30-17-24(2)15-16-29(30)34)32-23-57-39(45-32)46-35(51)21-41(4,5)6;1-10-22-16-36(22,21(3)42)40-31(44)28-14-23(18-41(28)33(45)47-35(7,8)9)46-29-15-26(37-25-13-20(2)11-12-24(25)29)27-19-48-32(38-27)39-30(43)17-34(4,5)6;1-12(2,3)9(10(14)15)13-11(16)17-8-6-4-5-7-8/h10,15-17,19,23,26-28,33,36H,1,11-14,18,20-22H2,2-9H3,(H,47,54)(H,48,52)(H,45,46,51);10-13,15,19,22-23,28H,1,14,16-18H2,2-9H3,(H,40,44)(H,38,39,43);8-9H,4-7H2,1-3H3,(H,13,16)(H,14,15)/t26-,28-,33+,36-,43+;22-,23-,28+,36+;9-/m111/s1. The van der Waals surface area contributed by atoms with Crippen molar-refractivity contribution in [3.05, 3.63) is 95.7 Å². The fraction of sp³-hybridized carbons (Fsp3) is 0.571. The average Bonchev–Trinajstić information content (AvgIpc) is 1.58. The molecule has 8 amide bonds. The van der Waals surface area contributed by atoms with Crippen molar-refractivity contribution < 1.29 is 81.5 Å². The van der Waals surface area contributed by atoms with Gasteiger partial charge in [-0.05, 0) is 170 Å². The summed E-state index contributed by atoms with van der Waals surface area (Å²) in [5, 5.41) is 32.1. The van der Waals surface area contributed by atoms with Gasteiger partial charge in [0.05, 0.1) is 35.5 Å². The number of aryl methyl sites for hydroxylation is 2. The predicted octanol–water partition coefficient (Wildman–Crippen LogP) is 15.7. The Hall–Kier alpha value is -10.4. The number of carbonyl (C=O) groups is 11. The molecule has 0 unspecified atom stereocenters. The molecule has 4 aromatic heterocycles. The number of hydrogen-bond acceptors (Lipinski definition) is 22. The molecule has 2 saturated heterocycles. The van der Waals surface area contributed by atoms with Crippen molar-refractivity contribution in [2.45, 2.75) is 287 Å². The maximum Gasteiger partial charge on any atom is 0.411 e. The Morgan fingerprint density at radius 2 is 0.918 bits per heavy atom. The molecule has 4 aliphatic carbocycles. The number of alkyl carbamates (subject to hydrolysis) is 2. The van der Waals surface area contributed by atoms with Crippen LogP contribution >= 0.6 is 22.7 Å². The molecule has 0 spiro atoms. The third-order valence-corrected chi connectivity index (χ3v) is 23.9. The highest BCUT2D eigenvalue weighted by atomic mass is 32.1. The summed E-state index contributed by atoms with van der Waals surface area (Å²) in [6, 6.07) is 11.4. The zero-order valence-electron chi connectivity index (χ0n) is 73.9. The molecule has 0 radical (unpaired) electrons. The SMILES string of the molecule is C=C[C@@H]1C[C@]1(NC(=O)[C@@H]1C[C@@H](Oc2cc(-c3csc(NC(=O)CC(C)(C)C)n3)nc3cc(C)ccc23)CN1C(=O)OC(C)(C)C)C(C)=O.C=C[C@@H]1C[C@]1(NC(=O)[C@@H]1C[C@@H](Oc2cc(-c3csc(NC(=O)CC(C)(C)C)n3)nc3cc(C)ccc23)CN1C(=O)[C@@H](NC(=O)OC1CCCC1)C(C)(C)C)C(C)=O.CC(C)(C)[C@H](NC(=O)OC1CCCC1)C(=O)O. The van der Waals surface area contributed by atoms with Crippen molar-refractivity contribution in [2.75, 3.05) is 23.7 Å². The highest BCUT2D eigenvalue weighted by Crippen LogP contribution is 2.48. The molecule has 122 heavy (non-hydrogen) atoms. The summed E-state index contributed by atoms with van der Waals surface area (Å²) in [7, 11) is 0. The van der Waals surface area contributed by atoms with E-state index in [-0.39, 0.29) is 84.2 Å². The van der Waals surface area contributed by atoms with E-state index in [4.69, 9.17) is 38.8 Å². The van der Waals surface area contributed by atoms with Crippen LogP contribution in [-0.4, -0.2) is 179 Å². The van der Waals surface area contributed by atoms with E-state index in [0.717, 1.165) is 73.3 Å². The smallest absolute Gasteiger partial charge is 0.411 e. The number of rotatable bonds is 24. The van der Waals surface area contributed by atoms with Gasteiger partial charge in [-0.3, -0.25) is 38.5 Å². The lowest BCUT2D eigenvalue weighted by atomic mass is 9.85. The molecule has 6 aliphatic rings. The summed E-state index contributed by atoms with van der Waals surface area (Å²) in [5.41, 5.74) is 1.08. The second-order valence-electron chi connectivity index (χ2n) is 38.8. The third kappa shape index (κ3) is 24.3. The molecular weight excluding hydrogens is 1600 g/mol. The molecule has 2 aliphatic heterocycles. The van der Waals surface area contributed by atoms with Crippen molar-refractivity contribution in [3.8, 4) is 34.3 Å². The normalized spacial score (nSPS) is 22.0. The topological polar surface area (TPSA) is 384 Å². The van der Waals surface area contributed by atoms with Crippen LogP contribution in [0.3, 0.4) is 0 Å². The minimum Gasteiger partial charge on any atom is -0.488 e. The Labute approximate surface area is 722 Å². The number of Topliss-reactive ketones (excluding diaryl/α,β-unsaturated/α-hetero) is 2. The van der Waals surface area contributed by atoms with Gasteiger partial charge in [0.15, 0.2) is 21.8 Å². The van der Waals surface area contributed by atoms with E-state index in [1.165, 1.54) is 46.3 Å². The number of ketones is 2. The number of benzene rings is 2. The van der Waals surface area contributed by atoms with Crippen molar-refractivity contribution in [2.24, 2.45) is 33.5 Å². The summed E-state index contributed by atoms with van der Waals surface area (Å²) in [4.78, 5) is 164. The Morgan fingerprint density at radius 1 is 0.533 bits per heavy atom. The number of anilines is 2. The number of fused-ring (bicyclic) bond motifs is 2. The first kappa shape index (κ1) is 93.8.